The summed E-state index contributed by atoms with van der Waals surface area (Å²) < 4.78 is 1.52. The van der Waals surface area contributed by atoms with Gasteiger partial charge in [-0.25, -0.2) is 19.5 Å². The zero-order valence-corrected chi connectivity index (χ0v) is 16.1. The van der Waals surface area contributed by atoms with Crippen molar-refractivity contribution in [1.82, 2.24) is 20.1 Å². The highest BCUT2D eigenvalue weighted by atomic mass is 35.5. The molecule has 10 heteroatoms. The Kier molecular flexibility index (Phi) is 7.21. The van der Waals surface area contributed by atoms with Crippen LogP contribution in [0.25, 0.3) is 5.82 Å². The molecule has 2 aromatic rings. The van der Waals surface area contributed by atoms with Crippen LogP contribution in [0.5, 0.6) is 0 Å². The average molecular weight is 404 g/mol. The number of aliphatic imine (C=N–C) groups is 1. The lowest BCUT2D eigenvalue weighted by molar-refractivity contribution is 0.254. The van der Waals surface area contributed by atoms with Crippen LogP contribution >= 0.6 is 23.4 Å². The first-order valence-corrected chi connectivity index (χ1v) is 9.16. The van der Waals surface area contributed by atoms with E-state index in [0.717, 1.165) is 0 Å². The summed E-state index contributed by atoms with van der Waals surface area (Å²) in [6.07, 6.45) is 9.55. The molecule has 0 atom stereocenters. The largest absolute Gasteiger partial charge is 0.399 e. The Hall–Kier alpha value is -3.04. The number of thioether (sulfide) groups is 1. The number of nitrogens with zero attached hydrogens (tertiary/aromatic N) is 4. The second kappa shape index (κ2) is 9.60. The monoisotopic (exact) mass is 403 g/mol. The van der Waals surface area contributed by atoms with E-state index in [0.29, 0.717) is 27.3 Å². The van der Waals surface area contributed by atoms with Gasteiger partial charge in [0.15, 0.2) is 5.82 Å². The summed E-state index contributed by atoms with van der Waals surface area (Å²) >= 11 is 7.59. The fourth-order valence-electron chi connectivity index (χ4n) is 1.85. The average Bonchev–Trinajstić information content (AvgIpc) is 3.13. The second-order valence-electron chi connectivity index (χ2n) is 5.09. The number of pyridine rings is 1. The van der Waals surface area contributed by atoms with Crippen LogP contribution in [-0.4, -0.2) is 33.3 Å². The molecule has 2 heterocycles. The molecule has 0 unspecified atom stereocenters. The zero-order chi connectivity index (χ0) is 19.8. The molecule has 2 rings (SSSR count). The molecule has 140 valence electrons. The number of hydrogen-bond donors (Lipinski definition) is 3. The van der Waals surface area contributed by atoms with Gasteiger partial charge in [0.2, 0.25) is 0 Å². The Labute approximate surface area is 165 Å². The normalized spacial score (nSPS) is 11.4. The molecular weight excluding hydrogens is 386 g/mol. The lowest BCUT2D eigenvalue weighted by Crippen LogP contribution is -2.29. The number of carbonyl (C=O) groups excluding carboxylic acids is 1. The van der Waals surface area contributed by atoms with E-state index in [1.807, 2.05) is 6.26 Å². The summed E-state index contributed by atoms with van der Waals surface area (Å²) in [5.74, 6) is 0.454. The molecule has 0 spiro atoms. The number of nitrogens with one attached hydrogen (secondary N) is 2. The molecule has 0 bridgehead atoms. The lowest BCUT2D eigenvalue weighted by atomic mass is 10.3. The first kappa shape index (κ1) is 20.3. The number of hydrogen-bond acceptors (Lipinski definition) is 6. The van der Waals surface area contributed by atoms with E-state index in [1.54, 1.807) is 24.5 Å². The smallest absolute Gasteiger partial charge is 0.323 e. The molecule has 4 N–H and O–H groups in total. The number of nitrogens with two attached hydrogens (primary N) is 1. The van der Waals surface area contributed by atoms with Gasteiger partial charge in [0, 0.05) is 18.1 Å². The van der Waals surface area contributed by atoms with E-state index in [4.69, 9.17) is 17.3 Å². The van der Waals surface area contributed by atoms with Crippen LogP contribution in [0.2, 0.25) is 5.02 Å². The Morgan fingerprint density at radius 2 is 2.26 bits per heavy atom. The molecule has 0 saturated carbocycles. The Balaban J connectivity index is 2.09. The van der Waals surface area contributed by atoms with Crippen molar-refractivity contribution in [2.75, 3.05) is 11.6 Å². The number of rotatable bonds is 7. The van der Waals surface area contributed by atoms with Crippen LogP contribution in [0.15, 0.2) is 71.4 Å². The Bertz CT molecular complexity index is 906. The highest BCUT2D eigenvalue weighted by Crippen LogP contribution is 2.21. The van der Waals surface area contributed by atoms with E-state index in [1.165, 1.54) is 34.9 Å². The number of halogens is 1. The van der Waals surface area contributed by atoms with Gasteiger partial charge < -0.3 is 16.4 Å². The van der Waals surface area contributed by atoms with Gasteiger partial charge >= 0.3 is 6.03 Å². The van der Waals surface area contributed by atoms with Crippen molar-refractivity contribution in [3.63, 3.8) is 0 Å². The van der Waals surface area contributed by atoms with Gasteiger partial charge in [-0.15, -0.1) is 11.8 Å². The third-order valence-corrected chi connectivity index (χ3v) is 3.84. The van der Waals surface area contributed by atoms with Gasteiger partial charge in [0.1, 0.15) is 0 Å². The highest BCUT2D eigenvalue weighted by molar-refractivity contribution is 8.02. The maximum absolute atomic E-state index is 12.2. The summed E-state index contributed by atoms with van der Waals surface area (Å²) in [5.41, 5.74) is 6.60. The van der Waals surface area contributed by atoms with E-state index in [-0.39, 0.29) is 5.70 Å². The van der Waals surface area contributed by atoms with Gasteiger partial charge in [0.05, 0.1) is 33.8 Å². The summed E-state index contributed by atoms with van der Waals surface area (Å²) in [4.78, 5) is 20.5. The quantitative estimate of drug-likeness (QED) is 0.485. The zero-order valence-electron chi connectivity index (χ0n) is 14.5. The van der Waals surface area contributed by atoms with Crippen molar-refractivity contribution in [1.29, 1.82) is 0 Å². The molecule has 0 aromatic carbocycles. The third-order valence-electron chi connectivity index (χ3n) is 2.98. The van der Waals surface area contributed by atoms with Crippen molar-refractivity contribution < 1.29 is 4.79 Å². The van der Waals surface area contributed by atoms with Gasteiger partial charge in [-0.3, -0.25) is 0 Å². The molecule has 0 saturated heterocycles. The standard InChI is InChI=1S/C17H18ClN7OS/c1-11(19)7-13(9-20-12(2)27-3)23-17(26)24-14-8-15(18)16(21-10-14)25-6-4-5-22-25/h4-10H,1-2,19H2,3H3,(H2,23,24,26)/b13-7+,20-9?. The van der Waals surface area contributed by atoms with E-state index < -0.39 is 6.03 Å². The van der Waals surface area contributed by atoms with Crippen LogP contribution < -0.4 is 16.4 Å². The fraction of sp³-hybridized carbons (Fsp3) is 0.0588. The van der Waals surface area contributed by atoms with E-state index >= 15 is 0 Å². The maximum atomic E-state index is 12.2. The number of aromatic nitrogens is 3. The molecule has 2 amide bonds. The van der Waals surface area contributed by atoms with E-state index in [2.05, 4.69) is 38.9 Å². The summed E-state index contributed by atoms with van der Waals surface area (Å²) in [6.45, 7) is 7.32. The predicted octanol–water partition coefficient (Wildman–Crippen LogP) is 3.30. The van der Waals surface area contributed by atoms with E-state index in [9.17, 15) is 4.79 Å². The summed E-state index contributed by atoms with van der Waals surface area (Å²) in [7, 11) is 0. The lowest BCUT2D eigenvalue weighted by Gasteiger charge is -2.10. The molecule has 0 aliphatic rings. The first-order chi connectivity index (χ1) is 12.9. The minimum absolute atomic E-state index is 0.264. The molecule has 8 nitrogen and oxygen atoms in total. The number of anilines is 1. The first-order valence-electron chi connectivity index (χ1n) is 7.55. The summed E-state index contributed by atoms with van der Waals surface area (Å²) in [6, 6.07) is 2.80. The number of allylic oxidation sites excluding steroid dienone is 2. The molecule has 27 heavy (non-hydrogen) atoms. The van der Waals surface area contributed by atoms with Gasteiger partial charge in [-0.2, -0.15) is 5.10 Å². The molecular formula is C17H18ClN7OS. The van der Waals surface area contributed by atoms with Crippen molar-refractivity contribution in [3.8, 4) is 5.82 Å². The Morgan fingerprint density at radius 3 is 2.85 bits per heavy atom. The number of carbonyl (C=O) groups is 1. The van der Waals surface area contributed by atoms with Crippen LogP contribution in [0, 0.1) is 0 Å². The van der Waals surface area contributed by atoms with Gasteiger partial charge in [0.25, 0.3) is 0 Å². The SMILES string of the molecule is C=C(N)/C=C(\C=NC(=C)SC)NC(=O)Nc1cnc(-n2cccn2)c(Cl)c1. The topological polar surface area (TPSA) is 110 Å². The minimum Gasteiger partial charge on any atom is -0.399 e. The van der Waals surface area contributed by atoms with Crippen molar-refractivity contribution >= 4 is 41.3 Å². The molecule has 2 aromatic heterocycles. The van der Waals surface area contributed by atoms with Crippen LogP contribution in [0.4, 0.5) is 10.5 Å². The van der Waals surface area contributed by atoms with Crippen molar-refractivity contribution in [3.05, 3.63) is 71.4 Å². The third kappa shape index (κ3) is 6.32. The van der Waals surface area contributed by atoms with Gasteiger partial charge in [-0.05, 0) is 24.5 Å². The van der Waals surface area contributed by atoms with Crippen molar-refractivity contribution in [2.24, 2.45) is 10.7 Å². The van der Waals surface area contributed by atoms with Crippen LogP contribution in [-0.2, 0) is 0 Å². The highest BCUT2D eigenvalue weighted by Gasteiger charge is 2.09. The van der Waals surface area contributed by atoms with Crippen LogP contribution in [0.1, 0.15) is 0 Å². The summed E-state index contributed by atoms with van der Waals surface area (Å²) in [5, 5.41) is 10.2. The fourth-order valence-corrected chi connectivity index (χ4v) is 2.27. The predicted molar refractivity (Wildman–Crippen MR) is 111 cm³/mol. The van der Waals surface area contributed by atoms with Crippen LogP contribution in [0.3, 0.4) is 0 Å². The molecule has 0 fully saturated rings. The number of amides is 2. The molecule has 0 aliphatic carbocycles. The van der Waals surface area contributed by atoms with Crippen molar-refractivity contribution in [2.45, 2.75) is 0 Å². The minimum atomic E-state index is -0.520. The number of urea groups is 1. The van der Waals surface area contributed by atoms with Gasteiger partial charge in [-0.1, -0.05) is 24.8 Å². The molecule has 0 aliphatic heterocycles. The molecule has 0 radical (unpaired) electrons. The maximum Gasteiger partial charge on any atom is 0.323 e. The second-order valence-corrected chi connectivity index (χ2v) is 6.38. The Morgan fingerprint density at radius 1 is 1.48 bits per heavy atom.